The van der Waals surface area contributed by atoms with Crippen LogP contribution in [-0.2, 0) is 10.2 Å². The first-order chi connectivity index (χ1) is 10.2. The monoisotopic (exact) mass is 333 g/mol. The van der Waals surface area contributed by atoms with Gasteiger partial charge in [-0.3, -0.25) is 0 Å². The third kappa shape index (κ3) is 4.13. The molecule has 124 valence electrons. The van der Waals surface area contributed by atoms with Crippen LogP contribution >= 0.6 is 0 Å². The van der Waals surface area contributed by atoms with Crippen LogP contribution in [0.3, 0.4) is 0 Å². The van der Waals surface area contributed by atoms with E-state index >= 15 is 0 Å². The minimum Gasteiger partial charge on any atom is -0.427 e. The van der Waals surface area contributed by atoms with Gasteiger partial charge in [0.2, 0.25) is 0 Å². The SMILES string of the molecule is C[C@]1(N)CN(S(=O)(=O)Nc2nnn[nH]2)C[C@@H]1CCCB(O)O. The van der Waals surface area contributed by atoms with Crippen LogP contribution in [0.25, 0.3) is 0 Å². The van der Waals surface area contributed by atoms with E-state index in [-0.39, 0.29) is 31.3 Å². The van der Waals surface area contributed by atoms with E-state index in [1.807, 2.05) is 0 Å². The second-order valence-electron chi connectivity index (χ2n) is 5.76. The molecule has 0 aromatic carbocycles. The summed E-state index contributed by atoms with van der Waals surface area (Å²) in [5, 5.41) is 30.1. The first-order valence-corrected chi connectivity index (χ1v) is 8.31. The van der Waals surface area contributed by atoms with Crippen LogP contribution in [0.1, 0.15) is 19.8 Å². The number of aromatic amines is 1. The maximum absolute atomic E-state index is 12.3. The van der Waals surface area contributed by atoms with Crippen molar-refractivity contribution in [3.63, 3.8) is 0 Å². The summed E-state index contributed by atoms with van der Waals surface area (Å²) in [6.07, 6.45) is 1.41. The van der Waals surface area contributed by atoms with E-state index in [4.69, 9.17) is 15.8 Å². The van der Waals surface area contributed by atoms with Gasteiger partial charge in [-0.2, -0.15) is 12.7 Å². The Bertz CT molecular complexity index is 579. The van der Waals surface area contributed by atoms with Gasteiger partial charge in [-0.15, -0.1) is 0 Å². The number of anilines is 1. The smallest absolute Gasteiger partial charge is 0.427 e. The topological polar surface area (TPSA) is 170 Å². The van der Waals surface area contributed by atoms with E-state index in [2.05, 4.69) is 25.3 Å². The van der Waals surface area contributed by atoms with Crippen LogP contribution in [0.15, 0.2) is 0 Å². The zero-order valence-corrected chi connectivity index (χ0v) is 13.0. The molecule has 0 saturated carbocycles. The van der Waals surface area contributed by atoms with Gasteiger partial charge in [-0.05, 0) is 36.0 Å². The molecule has 6 N–H and O–H groups in total. The molecule has 11 nitrogen and oxygen atoms in total. The maximum Gasteiger partial charge on any atom is 0.451 e. The first kappa shape index (κ1) is 17.1. The normalized spacial score (nSPS) is 26.3. The van der Waals surface area contributed by atoms with Gasteiger partial charge in [0.15, 0.2) is 0 Å². The number of aromatic nitrogens is 4. The quantitative estimate of drug-likeness (QED) is 0.349. The summed E-state index contributed by atoms with van der Waals surface area (Å²) in [5.41, 5.74) is 5.51. The Hall–Kier alpha value is -1.28. The molecule has 0 unspecified atom stereocenters. The van der Waals surface area contributed by atoms with Crippen molar-refractivity contribution in [2.24, 2.45) is 11.7 Å². The lowest BCUT2D eigenvalue weighted by Gasteiger charge is -2.25. The summed E-state index contributed by atoms with van der Waals surface area (Å²) in [7, 11) is -5.15. The summed E-state index contributed by atoms with van der Waals surface area (Å²) in [6.45, 7) is 2.21. The van der Waals surface area contributed by atoms with E-state index in [1.54, 1.807) is 6.92 Å². The Kier molecular flexibility index (Phi) is 5.02. The van der Waals surface area contributed by atoms with Crippen LogP contribution in [-0.4, -0.2) is 69.1 Å². The van der Waals surface area contributed by atoms with Gasteiger partial charge in [-0.1, -0.05) is 11.5 Å². The number of hydrogen-bond acceptors (Lipinski definition) is 8. The average Bonchev–Trinajstić information content (AvgIpc) is 2.97. The summed E-state index contributed by atoms with van der Waals surface area (Å²) < 4.78 is 28.0. The number of nitrogens with zero attached hydrogens (tertiary/aromatic N) is 4. The van der Waals surface area contributed by atoms with Crippen molar-refractivity contribution in [2.75, 3.05) is 17.8 Å². The summed E-state index contributed by atoms with van der Waals surface area (Å²) >= 11 is 0. The molecule has 0 bridgehead atoms. The number of nitrogens with two attached hydrogens (primary N) is 1. The van der Waals surface area contributed by atoms with Crippen molar-refractivity contribution in [1.82, 2.24) is 24.9 Å². The second-order valence-corrected chi connectivity index (χ2v) is 7.43. The Morgan fingerprint density at radius 2 is 2.32 bits per heavy atom. The highest BCUT2D eigenvalue weighted by atomic mass is 32.2. The van der Waals surface area contributed by atoms with Gasteiger partial charge >= 0.3 is 17.3 Å². The van der Waals surface area contributed by atoms with Crippen molar-refractivity contribution in [3.05, 3.63) is 0 Å². The summed E-state index contributed by atoms with van der Waals surface area (Å²) in [6, 6.07) is 0. The van der Waals surface area contributed by atoms with Crippen molar-refractivity contribution in [1.29, 1.82) is 0 Å². The lowest BCUT2D eigenvalue weighted by Crippen LogP contribution is -2.45. The Balaban J connectivity index is 1.98. The standard InChI is InChI=1S/C9H20BN7O4S/c1-9(11)6-17(5-7(9)3-2-4-10(18)19)22(20,21)14-8-12-15-16-13-8/h7,18-19H,2-6,11H2,1H3,(H2,12,13,14,15,16)/t7-,9-/m0/s1. The zero-order valence-electron chi connectivity index (χ0n) is 12.2. The summed E-state index contributed by atoms with van der Waals surface area (Å²) in [4.78, 5) is 0. The molecule has 1 aliphatic rings. The molecule has 0 spiro atoms. The number of nitrogens with one attached hydrogen (secondary N) is 2. The fourth-order valence-electron chi connectivity index (χ4n) is 2.57. The third-order valence-electron chi connectivity index (χ3n) is 3.80. The predicted octanol–water partition coefficient (Wildman–Crippen LogP) is -2.24. The van der Waals surface area contributed by atoms with Crippen LogP contribution in [0, 0.1) is 5.92 Å². The lowest BCUT2D eigenvalue weighted by atomic mass is 9.79. The fourth-order valence-corrected chi connectivity index (χ4v) is 3.85. The Morgan fingerprint density at radius 1 is 1.59 bits per heavy atom. The van der Waals surface area contributed by atoms with Crippen molar-refractivity contribution >= 4 is 23.3 Å². The minimum absolute atomic E-state index is 0.0643. The van der Waals surface area contributed by atoms with Crippen molar-refractivity contribution in [3.8, 4) is 0 Å². The zero-order chi connectivity index (χ0) is 16.4. The largest absolute Gasteiger partial charge is 0.451 e. The second kappa shape index (κ2) is 6.46. The molecule has 1 fully saturated rings. The first-order valence-electron chi connectivity index (χ1n) is 6.87. The van der Waals surface area contributed by atoms with E-state index < -0.39 is 22.9 Å². The van der Waals surface area contributed by atoms with Crippen LogP contribution in [0.4, 0.5) is 5.95 Å². The van der Waals surface area contributed by atoms with Gasteiger partial charge in [0, 0.05) is 18.6 Å². The molecule has 2 heterocycles. The third-order valence-corrected chi connectivity index (χ3v) is 5.21. The minimum atomic E-state index is -3.80. The van der Waals surface area contributed by atoms with E-state index in [1.165, 1.54) is 4.31 Å². The van der Waals surface area contributed by atoms with Crippen LogP contribution < -0.4 is 10.5 Å². The fraction of sp³-hybridized carbons (Fsp3) is 0.889. The Labute approximate surface area is 128 Å². The van der Waals surface area contributed by atoms with Crippen LogP contribution in [0.5, 0.6) is 0 Å². The number of H-pyrrole nitrogens is 1. The van der Waals surface area contributed by atoms with E-state index in [0.717, 1.165) is 0 Å². The van der Waals surface area contributed by atoms with Gasteiger partial charge in [-0.25, -0.2) is 9.82 Å². The molecule has 1 aromatic heterocycles. The van der Waals surface area contributed by atoms with Crippen LogP contribution in [0.2, 0.25) is 6.32 Å². The average molecular weight is 333 g/mol. The molecule has 2 atom stereocenters. The molecular formula is C9H20BN7O4S. The highest BCUT2D eigenvalue weighted by Gasteiger charge is 2.44. The number of tetrazole rings is 1. The van der Waals surface area contributed by atoms with Gasteiger partial charge in [0.05, 0.1) is 0 Å². The van der Waals surface area contributed by atoms with Gasteiger partial charge in [0.25, 0.3) is 5.95 Å². The molecule has 1 saturated heterocycles. The molecule has 13 heteroatoms. The maximum atomic E-state index is 12.3. The Morgan fingerprint density at radius 3 is 2.91 bits per heavy atom. The van der Waals surface area contributed by atoms with E-state index in [0.29, 0.717) is 12.8 Å². The lowest BCUT2D eigenvalue weighted by molar-refractivity contribution is 0.343. The summed E-state index contributed by atoms with van der Waals surface area (Å²) in [5.74, 6) is -0.138. The molecular weight excluding hydrogens is 313 g/mol. The molecule has 2 rings (SSSR count). The number of hydrogen-bond donors (Lipinski definition) is 5. The van der Waals surface area contributed by atoms with Crippen molar-refractivity contribution < 1.29 is 18.5 Å². The molecule has 0 aliphatic carbocycles. The highest BCUT2D eigenvalue weighted by molar-refractivity contribution is 7.90. The molecule has 1 aromatic rings. The molecule has 0 radical (unpaired) electrons. The predicted molar refractivity (Wildman–Crippen MR) is 78.6 cm³/mol. The highest BCUT2D eigenvalue weighted by Crippen LogP contribution is 2.31. The van der Waals surface area contributed by atoms with Gasteiger partial charge < -0.3 is 15.8 Å². The number of rotatable bonds is 7. The van der Waals surface area contributed by atoms with Gasteiger partial charge in [0.1, 0.15) is 0 Å². The molecule has 1 aliphatic heterocycles. The molecule has 22 heavy (non-hydrogen) atoms. The van der Waals surface area contributed by atoms with Crippen molar-refractivity contribution in [2.45, 2.75) is 31.6 Å². The molecule has 0 amide bonds. The van der Waals surface area contributed by atoms with E-state index in [9.17, 15) is 8.42 Å².